The number of rotatable bonds is 17. The van der Waals surface area contributed by atoms with Gasteiger partial charge in [0, 0.05) is 37.6 Å². The maximum atomic E-state index is 13.4. The highest BCUT2D eigenvalue weighted by Crippen LogP contribution is 2.12. The lowest BCUT2D eigenvalue weighted by atomic mass is 10.0. The maximum Gasteiger partial charge on any atom is 0.326 e. The number of aromatic nitrogens is 2. The molecule has 16 nitrogen and oxygen atoms in total. The van der Waals surface area contributed by atoms with Crippen molar-refractivity contribution in [2.24, 2.45) is 5.73 Å². The number of carbonyl (C=O) groups is 6. The number of amides is 3. The van der Waals surface area contributed by atoms with Gasteiger partial charge >= 0.3 is 17.9 Å². The van der Waals surface area contributed by atoms with E-state index in [1.807, 2.05) is 0 Å². The third-order valence-corrected chi connectivity index (χ3v) is 5.89. The van der Waals surface area contributed by atoms with Crippen LogP contribution in [0.5, 0.6) is 5.75 Å². The smallest absolute Gasteiger partial charge is 0.326 e. The third kappa shape index (κ3) is 11.3. The number of hydrogen-bond acceptors (Lipinski definition) is 9. The predicted octanol–water partition coefficient (Wildman–Crippen LogP) is -1.50. The van der Waals surface area contributed by atoms with Crippen molar-refractivity contribution in [3.05, 3.63) is 48.0 Å². The van der Waals surface area contributed by atoms with E-state index in [0.717, 1.165) is 0 Å². The zero-order valence-corrected chi connectivity index (χ0v) is 21.8. The van der Waals surface area contributed by atoms with Crippen LogP contribution in [0.15, 0.2) is 36.8 Å². The molecule has 0 saturated carbocycles. The quantitative estimate of drug-likeness (QED) is 0.104. The molecule has 3 amide bonds. The van der Waals surface area contributed by atoms with E-state index < -0.39 is 72.6 Å². The number of imidazole rings is 1. The number of aromatic hydroxyl groups is 1. The van der Waals surface area contributed by atoms with Crippen LogP contribution in [0, 0.1) is 0 Å². The molecule has 10 N–H and O–H groups in total. The van der Waals surface area contributed by atoms with E-state index in [-0.39, 0.29) is 31.4 Å². The van der Waals surface area contributed by atoms with E-state index in [0.29, 0.717) is 11.3 Å². The zero-order valence-electron chi connectivity index (χ0n) is 21.8. The summed E-state index contributed by atoms with van der Waals surface area (Å²) in [5.41, 5.74) is 6.69. The Morgan fingerprint density at radius 1 is 0.780 bits per heavy atom. The van der Waals surface area contributed by atoms with Crippen molar-refractivity contribution < 1.29 is 49.2 Å². The number of hydrogen-bond donors (Lipinski definition) is 9. The van der Waals surface area contributed by atoms with E-state index in [2.05, 4.69) is 25.9 Å². The second kappa shape index (κ2) is 15.6. The highest BCUT2D eigenvalue weighted by atomic mass is 16.4. The lowest BCUT2D eigenvalue weighted by Crippen LogP contribution is -2.58. The number of phenols is 1. The van der Waals surface area contributed by atoms with Crippen LogP contribution in [0.1, 0.15) is 36.9 Å². The monoisotopic (exact) mass is 576 g/mol. The van der Waals surface area contributed by atoms with Crippen LogP contribution in [-0.4, -0.2) is 90.2 Å². The van der Waals surface area contributed by atoms with Gasteiger partial charge in [0.15, 0.2) is 0 Å². The molecule has 0 aliphatic heterocycles. The van der Waals surface area contributed by atoms with Crippen molar-refractivity contribution >= 4 is 35.6 Å². The molecule has 0 aliphatic rings. The number of aliphatic carboxylic acids is 3. The van der Waals surface area contributed by atoms with Crippen molar-refractivity contribution in [3.63, 3.8) is 0 Å². The number of nitrogens with one attached hydrogen (secondary N) is 4. The van der Waals surface area contributed by atoms with Crippen LogP contribution in [0.25, 0.3) is 0 Å². The molecule has 1 aromatic carbocycles. The van der Waals surface area contributed by atoms with E-state index in [1.165, 1.54) is 36.8 Å². The molecule has 2 rings (SSSR count). The number of carboxylic acid groups (broad SMARTS) is 3. The fraction of sp³-hybridized carbons (Fsp3) is 0.400. The molecule has 2 aromatic rings. The summed E-state index contributed by atoms with van der Waals surface area (Å²) in [4.78, 5) is 79.2. The number of phenolic OH excluding ortho intramolecular Hbond substituents is 1. The van der Waals surface area contributed by atoms with Crippen LogP contribution in [0.3, 0.4) is 0 Å². The Kier molecular flexibility index (Phi) is 12.2. The number of aromatic amines is 1. The second-order valence-corrected chi connectivity index (χ2v) is 9.14. The topological polar surface area (TPSA) is 274 Å². The molecule has 0 aliphatic carbocycles. The lowest BCUT2D eigenvalue weighted by molar-refractivity contribution is -0.143. The van der Waals surface area contributed by atoms with Crippen LogP contribution in [0.2, 0.25) is 0 Å². The molecular weight excluding hydrogens is 544 g/mol. The first kappa shape index (κ1) is 32.2. The van der Waals surface area contributed by atoms with Crippen molar-refractivity contribution in [2.45, 2.75) is 62.7 Å². The molecule has 41 heavy (non-hydrogen) atoms. The Morgan fingerprint density at radius 3 is 1.85 bits per heavy atom. The van der Waals surface area contributed by atoms with Crippen molar-refractivity contribution in [2.75, 3.05) is 0 Å². The van der Waals surface area contributed by atoms with E-state index in [1.54, 1.807) is 0 Å². The van der Waals surface area contributed by atoms with Crippen LogP contribution in [0.4, 0.5) is 0 Å². The van der Waals surface area contributed by atoms with Gasteiger partial charge < -0.3 is 47.1 Å². The van der Waals surface area contributed by atoms with Crippen molar-refractivity contribution in [3.8, 4) is 5.75 Å². The van der Waals surface area contributed by atoms with Gasteiger partial charge in [-0.3, -0.25) is 24.0 Å². The summed E-state index contributed by atoms with van der Waals surface area (Å²) in [7, 11) is 0. The summed E-state index contributed by atoms with van der Waals surface area (Å²) in [5, 5.41) is 43.9. The van der Waals surface area contributed by atoms with Crippen molar-refractivity contribution in [1.82, 2.24) is 25.9 Å². The Bertz CT molecular complexity index is 1220. The van der Waals surface area contributed by atoms with E-state index in [9.17, 15) is 39.0 Å². The highest BCUT2D eigenvalue weighted by Gasteiger charge is 2.31. The van der Waals surface area contributed by atoms with Crippen molar-refractivity contribution in [1.29, 1.82) is 0 Å². The van der Waals surface area contributed by atoms with Crippen LogP contribution in [-0.2, 0) is 41.6 Å². The second-order valence-electron chi connectivity index (χ2n) is 9.14. The van der Waals surface area contributed by atoms with Gasteiger partial charge in [0.05, 0.1) is 12.4 Å². The summed E-state index contributed by atoms with van der Waals surface area (Å²) >= 11 is 0. The fourth-order valence-corrected chi connectivity index (χ4v) is 3.66. The number of nitrogens with two attached hydrogens (primary N) is 1. The zero-order chi connectivity index (χ0) is 30.5. The van der Waals surface area contributed by atoms with Crippen LogP contribution >= 0.6 is 0 Å². The summed E-state index contributed by atoms with van der Waals surface area (Å²) in [6, 6.07) is 0.142. The number of carboxylic acids is 3. The van der Waals surface area contributed by atoms with E-state index in [4.69, 9.17) is 15.9 Å². The lowest BCUT2D eigenvalue weighted by Gasteiger charge is -2.25. The summed E-state index contributed by atoms with van der Waals surface area (Å²) in [5.74, 6) is -6.56. The van der Waals surface area contributed by atoms with Gasteiger partial charge in [0.1, 0.15) is 23.9 Å². The van der Waals surface area contributed by atoms with Gasteiger partial charge in [-0.2, -0.15) is 0 Å². The van der Waals surface area contributed by atoms with Gasteiger partial charge in [0.25, 0.3) is 0 Å². The Labute approximate surface area is 233 Å². The standard InChI is InChI=1S/C25H32N6O10/c26-16(5-7-20(33)34)22(37)30-19(10-14-11-27-12-28-14)24(39)31-18(9-13-1-3-15(32)4-2-13)23(38)29-17(25(40)41)6-8-21(35)36/h1-4,11-12,16-19,32H,5-10,26H2,(H,27,28)(H,29,38)(H,30,37)(H,31,39)(H,33,34)(H,35,36)(H,40,41). The normalized spacial score (nSPS) is 13.7. The third-order valence-electron chi connectivity index (χ3n) is 5.89. The van der Waals surface area contributed by atoms with Gasteiger partial charge in [-0.15, -0.1) is 0 Å². The van der Waals surface area contributed by atoms with Gasteiger partial charge in [-0.25, -0.2) is 9.78 Å². The molecule has 0 bridgehead atoms. The van der Waals surface area contributed by atoms with Gasteiger partial charge in [0.2, 0.25) is 17.7 Å². The molecule has 222 valence electrons. The van der Waals surface area contributed by atoms with Gasteiger partial charge in [-0.1, -0.05) is 12.1 Å². The average Bonchev–Trinajstić information content (AvgIpc) is 3.42. The summed E-state index contributed by atoms with van der Waals surface area (Å²) in [6.07, 6.45) is 0.937. The van der Waals surface area contributed by atoms with E-state index >= 15 is 0 Å². The number of carbonyl (C=O) groups excluding carboxylic acids is 3. The van der Waals surface area contributed by atoms with Gasteiger partial charge in [-0.05, 0) is 30.5 Å². The summed E-state index contributed by atoms with van der Waals surface area (Å²) in [6.45, 7) is 0. The maximum absolute atomic E-state index is 13.4. The molecule has 1 aromatic heterocycles. The largest absolute Gasteiger partial charge is 0.508 e. The highest BCUT2D eigenvalue weighted by molar-refractivity contribution is 5.94. The molecule has 0 radical (unpaired) electrons. The Morgan fingerprint density at radius 2 is 1.32 bits per heavy atom. The first-order valence-corrected chi connectivity index (χ1v) is 12.4. The Balaban J connectivity index is 2.28. The number of nitrogens with zero attached hydrogens (tertiary/aromatic N) is 1. The minimum Gasteiger partial charge on any atom is -0.508 e. The molecule has 0 saturated heterocycles. The SMILES string of the molecule is NC(CCC(=O)O)C(=O)NC(Cc1cnc[nH]1)C(=O)NC(Cc1ccc(O)cc1)C(=O)NC(CCC(=O)O)C(=O)O. The summed E-state index contributed by atoms with van der Waals surface area (Å²) < 4.78 is 0. The molecule has 4 atom stereocenters. The number of H-pyrrole nitrogens is 1. The minimum atomic E-state index is -1.56. The average molecular weight is 577 g/mol. The first-order valence-electron chi connectivity index (χ1n) is 12.4. The molecule has 16 heteroatoms. The molecule has 4 unspecified atom stereocenters. The van der Waals surface area contributed by atoms with Crippen LogP contribution < -0.4 is 21.7 Å². The molecule has 1 heterocycles. The minimum absolute atomic E-state index is 0.0556. The molecule has 0 spiro atoms. The predicted molar refractivity (Wildman–Crippen MR) is 139 cm³/mol. The molecular formula is C25H32N6O10. The fourth-order valence-electron chi connectivity index (χ4n) is 3.66. The Hall–Kier alpha value is -4.99. The molecule has 0 fully saturated rings. The first-order chi connectivity index (χ1) is 19.3. The number of benzene rings is 1.